The highest BCUT2D eigenvalue weighted by atomic mass is 32.2. The van der Waals surface area contributed by atoms with Crippen LogP contribution in [0, 0.1) is 0 Å². The fourth-order valence-corrected chi connectivity index (χ4v) is 7.89. The molecular formula is C18H28O6S4. The van der Waals surface area contributed by atoms with Crippen molar-refractivity contribution in [2.24, 2.45) is 0 Å². The summed E-state index contributed by atoms with van der Waals surface area (Å²) in [7, 11) is 0. The molecule has 4 N–H and O–H groups in total. The number of carboxylic acids is 2. The van der Waals surface area contributed by atoms with E-state index in [0.717, 1.165) is 34.5 Å². The Kier molecular flexibility index (Phi) is 12.1. The van der Waals surface area contributed by atoms with Crippen LogP contribution in [-0.4, -0.2) is 89.6 Å². The summed E-state index contributed by atoms with van der Waals surface area (Å²) >= 11 is 7.04. The number of aliphatic hydroxyl groups is 2. The summed E-state index contributed by atoms with van der Waals surface area (Å²) < 4.78 is 0. The van der Waals surface area contributed by atoms with Crippen LogP contribution in [0.1, 0.15) is 12.8 Å². The molecule has 2 aliphatic heterocycles. The van der Waals surface area contributed by atoms with Crippen molar-refractivity contribution in [3.8, 4) is 0 Å². The second-order valence-corrected chi connectivity index (χ2v) is 11.3. The number of aliphatic carboxylic acids is 2. The van der Waals surface area contributed by atoms with E-state index in [1.54, 1.807) is 47.0 Å². The van der Waals surface area contributed by atoms with Crippen molar-refractivity contribution in [3.05, 3.63) is 24.3 Å². The van der Waals surface area contributed by atoms with Crippen molar-refractivity contribution in [1.82, 2.24) is 0 Å². The van der Waals surface area contributed by atoms with Crippen LogP contribution in [0.4, 0.5) is 0 Å². The molecule has 0 spiro atoms. The minimum atomic E-state index is -1.63. The number of carboxylic acid groups (broad SMARTS) is 2. The molecule has 0 radical (unpaired) electrons. The van der Waals surface area contributed by atoms with E-state index in [4.69, 9.17) is 15.0 Å². The fourth-order valence-electron chi connectivity index (χ4n) is 2.57. The van der Waals surface area contributed by atoms with Gasteiger partial charge in [-0.15, -0.1) is 0 Å². The van der Waals surface area contributed by atoms with Gasteiger partial charge in [0.25, 0.3) is 0 Å². The molecule has 10 heteroatoms. The molecule has 2 fully saturated rings. The Morgan fingerprint density at radius 2 is 1.32 bits per heavy atom. The largest absolute Gasteiger partial charge is 0.480 e. The van der Waals surface area contributed by atoms with E-state index in [0.29, 0.717) is 12.8 Å². The standard InChI is InChI=1S/C16H24O3S4.C2H4O3/c1-11-5-20-9-13(22-7-11)3-16(19,15(17)18)4-14-10-21-6-12(2)8-23-14;3-1-2(4)5/h13-14,19H,1-10H2,(H,17,18);3H,1H2,(H,4,5). The zero-order chi connectivity index (χ0) is 21.2. The van der Waals surface area contributed by atoms with Gasteiger partial charge in [-0.05, 0) is 12.8 Å². The highest BCUT2D eigenvalue weighted by Gasteiger charge is 2.41. The molecule has 6 nitrogen and oxygen atoms in total. The van der Waals surface area contributed by atoms with E-state index in [2.05, 4.69) is 13.2 Å². The third-order valence-corrected chi connectivity index (χ3v) is 9.61. The number of carbonyl (C=O) groups is 2. The Morgan fingerprint density at radius 3 is 1.64 bits per heavy atom. The van der Waals surface area contributed by atoms with Gasteiger partial charge in [0.05, 0.1) is 0 Å². The maximum Gasteiger partial charge on any atom is 0.335 e. The highest BCUT2D eigenvalue weighted by Crippen LogP contribution is 2.36. The molecule has 0 aromatic heterocycles. The lowest BCUT2D eigenvalue weighted by Gasteiger charge is -2.30. The van der Waals surface area contributed by atoms with Crippen LogP contribution in [0.25, 0.3) is 0 Å². The second kappa shape index (κ2) is 13.1. The minimum absolute atomic E-state index is 0.166. The first kappa shape index (κ1) is 25.8. The van der Waals surface area contributed by atoms with E-state index in [1.165, 1.54) is 11.1 Å². The molecule has 160 valence electrons. The van der Waals surface area contributed by atoms with Crippen molar-refractivity contribution in [2.75, 3.05) is 41.1 Å². The van der Waals surface area contributed by atoms with Gasteiger partial charge in [0.1, 0.15) is 6.61 Å². The van der Waals surface area contributed by atoms with Gasteiger partial charge in [-0.3, -0.25) is 0 Å². The van der Waals surface area contributed by atoms with Gasteiger partial charge in [-0.1, -0.05) is 24.3 Å². The molecule has 2 saturated heterocycles. The topological polar surface area (TPSA) is 115 Å². The molecule has 0 aromatic carbocycles. The average molecular weight is 469 g/mol. The van der Waals surface area contributed by atoms with Crippen molar-refractivity contribution in [2.45, 2.75) is 28.9 Å². The summed E-state index contributed by atoms with van der Waals surface area (Å²) in [5.41, 5.74) is 0.750. The van der Waals surface area contributed by atoms with Crippen molar-refractivity contribution in [1.29, 1.82) is 0 Å². The molecule has 2 rings (SSSR count). The number of hydrogen-bond acceptors (Lipinski definition) is 8. The molecule has 2 unspecified atom stereocenters. The van der Waals surface area contributed by atoms with E-state index in [9.17, 15) is 15.0 Å². The Balaban J connectivity index is 0.000000696. The van der Waals surface area contributed by atoms with Crippen LogP contribution in [0.5, 0.6) is 0 Å². The van der Waals surface area contributed by atoms with Gasteiger partial charge in [0.2, 0.25) is 0 Å². The maximum absolute atomic E-state index is 11.8. The maximum atomic E-state index is 11.8. The molecule has 0 bridgehead atoms. The summed E-state index contributed by atoms with van der Waals surface area (Å²) in [6.45, 7) is 7.26. The zero-order valence-electron chi connectivity index (χ0n) is 15.7. The molecule has 2 atom stereocenters. The fraction of sp³-hybridized carbons (Fsp3) is 0.667. The lowest BCUT2D eigenvalue weighted by atomic mass is 9.92. The van der Waals surface area contributed by atoms with Gasteiger partial charge < -0.3 is 20.4 Å². The number of hydrogen-bond donors (Lipinski definition) is 4. The van der Waals surface area contributed by atoms with Crippen LogP contribution in [0.2, 0.25) is 0 Å². The average Bonchev–Trinajstić information content (AvgIpc) is 2.96. The second-order valence-electron chi connectivity index (χ2n) is 6.69. The summed E-state index contributed by atoms with van der Waals surface area (Å²) in [5.74, 6) is 3.08. The van der Waals surface area contributed by atoms with E-state index in [1.807, 2.05) is 0 Å². The Hall–Kier alpha value is -0.260. The van der Waals surface area contributed by atoms with E-state index in [-0.39, 0.29) is 10.5 Å². The SMILES string of the molecule is C=C1CSCC(CC(O)(CC2CSCC(=C)CS2)C(=O)O)SC1.O=C(O)CO. The van der Waals surface area contributed by atoms with Crippen LogP contribution in [0.15, 0.2) is 24.3 Å². The van der Waals surface area contributed by atoms with Crippen molar-refractivity contribution < 1.29 is 30.0 Å². The number of thioether (sulfide) groups is 4. The van der Waals surface area contributed by atoms with Gasteiger partial charge in [-0.2, -0.15) is 47.0 Å². The third-order valence-electron chi connectivity index (χ3n) is 3.93. The smallest absolute Gasteiger partial charge is 0.335 e. The van der Waals surface area contributed by atoms with Gasteiger partial charge >= 0.3 is 11.9 Å². The molecule has 2 heterocycles. The highest BCUT2D eigenvalue weighted by molar-refractivity contribution is 8.04. The summed E-state index contributed by atoms with van der Waals surface area (Å²) in [6.07, 6.45) is 0.631. The van der Waals surface area contributed by atoms with Crippen molar-refractivity contribution >= 4 is 59.0 Å². The van der Waals surface area contributed by atoms with Gasteiger partial charge in [-0.25, -0.2) is 9.59 Å². The molecule has 0 aromatic rings. The Labute approximate surface area is 183 Å². The summed E-state index contributed by atoms with van der Waals surface area (Å²) in [6, 6.07) is 0. The van der Waals surface area contributed by atoms with Gasteiger partial charge in [0.15, 0.2) is 5.60 Å². The lowest BCUT2D eigenvalue weighted by molar-refractivity contribution is -0.159. The monoisotopic (exact) mass is 468 g/mol. The summed E-state index contributed by atoms with van der Waals surface area (Å²) in [4.78, 5) is 20.9. The summed E-state index contributed by atoms with van der Waals surface area (Å²) in [5, 5.41) is 35.8. The first-order valence-corrected chi connectivity index (χ1v) is 13.1. The molecule has 0 amide bonds. The quantitative estimate of drug-likeness (QED) is 0.433. The number of aliphatic hydroxyl groups excluding tert-OH is 1. The van der Waals surface area contributed by atoms with E-state index >= 15 is 0 Å². The van der Waals surface area contributed by atoms with Crippen LogP contribution in [-0.2, 0) is 9.59 Å². The zero-order valence-corrected chi connectivity index (χ0v) is 18.9. The van der Waals surface area contributed by atoms with Crippen LogP contribution < -0.4 is 0 Å². The van der Waals surface area contributed by atoms with Crippen molar-refractivity contribution in [3.63, 3.8) is 0 Å². The van der Waals surface area contributed by atoms with Crippen LogP contribution >= 0.6 is 47.0 Å². The lowest BCUT2D eigenvalue weighted by Crippen LogP contribution is -2.44. The van der Waals surface area contributed by atoms with E-state index < -0.39 is 24.1 Å². The normalized spacial score (nSPS) is 25.5. The molecule has 0 aliphatic carbocycles. The Morgan fingerprint density at radius 1 is 0.929 bits per heavy atom. The van der Waals surface area contributed by atoms with Gasteiger partial charge in [0, 0.05) is 45.0 Å². The predicted octanol–water partition coefficient (Wildman–Crippen LogP) is 2.46. The van der Waals surface area contributed by atoms with Crippen LogP contribution in [0.3, 0.4) is 0 Å². The minimum Gasteiger partial charge on any atom is -0.480 e. The number of rotatable bonds is 6. The predicted molar refractivity (Wildman–Crippen MR) is 122 cm³/mol. The molecule has 28 heavy (non-hydrogen) atoms. The molecule has 2 aliphatic rings. The molecular weight excluding hydrogens is 440 g/mol. The first-order valence-electron chi connectivity index (χ1n) is 8.66. The first-order chi connectivity index (χ1) is 13.2. The Bertz CT molecular complexity index is 536. The molecule has 0 saturated carbocycles. The third kappa shape index (κ3) is 9.98.